The predicted octanol–water partition coefficient (Wildman–Crippen LogP) is 2.60. The molecule has 0 atom stereocenters. The summed E-state index contributed by atoms with van der Waals surface area (Å²) in [4.78, 5) is 14.5. The molecule has 0 spiro atoms. The van der Waals surface area contributed by atoms with Crippen LogP contribution in [0.2, 0.25) is 0 Å². The van der Waals surface area contributed by atoms with Crippen LogP contribution in [0, 0.1) is 0 Å². The van der Waals surface area contributed by atoms with E-state index in [1.54, 1.807) is 36.4 Å². The lowest BCUT2D eigenvalue weighted by Crippen LogP contribution is -2.22. The number of allylic oxidation sites excluding steroid dienone is 1. The van der Waals surface area contributed by atoms with Crippen molar-refractivity contribution in [1.82, 2.24) is 0 Å². The van der Waals surface area contributed by atoms with E-state index in [-0.39, 0.29) is 17.3 Å². The molecule has 0 aromatic heterocycles. The summed E-state index contributed by atoms with van der Waals surface area (Å²) in [6.45, 7) is 5.25. The number of nitrogens with zero attached hydrogens (tertiary/aromatic N) is 1. The van der Waals surface area contributed by atoms with Gasteiger partial charge < -0.3 is 16.6 Å². The van der Waals surface area contributed by atoms with Crippen LogP contribution in [-0.2, 0) is 21.2 Å². The minimum Gasteiger partial charge on any atom is -0.481 e. The fourth-order valence-electron chi connectivity index (χ4n) is 2.12. The van der Waals surface area contributed by atoms with E-state index in [0.29, 0.717) is 17.8 Å². The molecular formula is C19H24N4O4S. The molecule has 0 heterocycles. The Morgan fingerprint density at radius 2 is 1.86 bits per heavy atom. The fraction of sp³-hybridized carbons (Fsp3) is 0.158. The van der Waals surface area contributed by atoms with E-state index < -0.39 is 16.0 Å². The van der Waals surface area contributed by atoms with E-state index in [9.17, 15) is 13.2 Å². The summed E-state index contributed by atoms with van der Waals surface area (Å²) in [6, 6.07) is 12.4. The smallest absolute Gasteiger partial charge is 0.303 e. The standard InChI is InChI=1S/C16H18N4O4S.C3H6/c17-16(18)19-12-4-2-6-14(10-12)25(23,24)20-13-5-1-3-11(9-13)7-8-15(21)22;1-3-2/h1-6,9-10,20H,7-8H2,(H,21,22)(H4,17,18,19);3H,1H2,2H3. The molecule has 0 bridgehead atoms. The molecule has 0 amide bonds. The highest BCUT2D eigenvalue weighted by molar-refractivity contribution is 7.92. The van der Waals surface area contributed by atoms with E-state index in [2.05, 4.69) is 16.3 Å². The van der Waals surface area contributed by atoms with Gasteiger partial charge in [-0.2, -0.15) is 0 Å². The molecule has 28 heavy (non-hydrogen) atoms. The summed E-state index contributed by atoms with van der Waals surface area (Å²) in [7, 11) is -3.84. The van der Waals surface area contributed by atoms with Gasteiger partial charge in [0, 0.05) is 12.1 Å². The average Bonchev–Trinajstić information content (AvgIpc) is 2.60. The third kappa shape index (κ3) is 7.92. The minimum absolute atomic E-state index is 0.00550. The molecule has 0 radical (unpaired) electrons. The molecule has 0 aliphatic heterocycles. The van der Waals surface area contributed by atoms with E-state index in [1.807, 2.05) is 6.92 Å². The molecule has 150 valence electrons. The highest BCUT2D eigenvalue weighted by Crippen LogP contribution is 2.21. The molecule has 8 nitrogen and oxygen atoms in total. The van der Waals surface area contributed by atoms with Crippen LogP contribution < -0.4 is 16.2 Å². The maximum atomic E-state index is 12.5. The van der Waals surface area contributed by atoms with Crippen molar-refractivity contribution in [3.8, 4) is 0 Å². The Morgan fingerprint density at radius 3 is 2.46 bits per heavy atom. The zero-order valence-electron chi connectivity index (χ0n) is 15.5. The van der Waals surface area contributed by atoms with Gasteiger partial charge in [0.1, 0.15) is 0 Å². The van der Waals surface area contributed by atoms with Crippen LogP contribution in [-0.4, -0.2) is 25.5 Å². The second-order valence-corrected chi connectivity index (χ2v) is 7.32. The number of aliphatic carboxylic acids is 1. The number of hydrogen-bond acceptors (Lipinski definition) is 4. The number of aliphatic imine (C=N–C) groups is 1. The van der Waals surface area contributed by atoms with Crippen LogP contribution in [0.25, 0.3) is 0 Å². The molecule has 9 heteroatoms. The summed E-state index contributed by atoms with van der Waals surface area (Å²) < 4.78 is 27.5. The van der Waals surface area contributed by atoms with Crippen molar-refractivity contribution in [2.45, 2.75) is 24.7 Å². The van der Waals surface area contributed by atoms with Crippen molar-refractivity contribution < 1.29 is 18.3 Å². The molecule has 0 saturated heterocycles. The lowest BCUT2D eigenvalue weighted by Gasteiger charge is -2.10. The first kappa shape index (κ1) is 22.7. The number of nitrogens with two attached hydrogens (primary N) is 2. The van der Waals surface area contributed by atoms with Crippen LogP contribution in [0.1, 0.15) is 18.9 Å². The highest BCUT2D eigenvalue weighted by atomic mass is 32.2. The number of benzene rings is 2. The third-order valence-electron chi connectivity index (χ3n) is 3.19. The van der Waals surface area contributed by atoms with Crippen LogP contribution in [0.5, 0.6) is 0 Å². The lowest BCUT2D eigenvalue weighted by atomic mass is 10.1. The Balaban J connectivity index is 0.00000122. The molecule has 0 aliphatic rings. The van der Waals surface area contributed by atoms with Gasteiger partial charge in [-0.1, -0.05) is 24.3 Å². The molecule has 0 fully saturated rings. The maximum absolute atomic E-state index is 12.5. The molecule has 2 rings (SSSR count). The van der Waals surface area contributed by atoms with Gasteiger partial charge in [0.2, 0.25) is 0 Å². The van der Waals surface area contributed by atoms with Crippen molar-refractivity contribution in [1.29, 1.82) is 0 Å². The third-order valence-corrected chi connectivity index (χ3v) is 4.57. The zero-order chi connectivity index (χ0) is 21.2. The number of rotatable bonds is 7. The minimum atomic E-state index is -3.84. The van der Waals surface area contributed by atoms with Gasteiger partial charge in [-0.05, 0) is 49.2 Å². The van der Waals surface area contributed by atoms with Crippen LogP contribution in [0.15, 0.2) is 71.1 Å². The Bertz CT molecular complexity index is 952. The van der Waals surface area contributed by atoms with Gasteiger partial charge in [-0.3, -0.25) is 9.52 Å². The van der Waals surface area contributed by atoms with E-state index in [0.717, 1.165) is 5.56 Å². The van der Waals surface area contributed by atoms with Gasteiger partial charge in [0.05, 0.1) is 10.6 Å². The lowest BCUT2D eigenvalue weighted by molar-refractivity contribution is -0.136. The van der Waals surface area contributed by atoms with Gasteiger partial charge in [-0.25, -0.2) is 13.4 Å². The number of carboxylic acids is 1. The Kier molecular flexibility index (Phi) is 8.70. The second kappa shape index (κ2) is 10.7. The van der Waals surface area contributed by atoms with E-state index >= 15 is 0 Å². The summed E-state index contributed by atoms with van der Waals surface area (Å²) in [5, 5.41) is 8.73. The van der Waals surface area contributed by atoms with Crippen molar-refractivity contribution in [2.75, 3.05) is 4.72 Å². The number of aryl methyl sites for hydroxylation is 1. The summed E-state index contributed by atoms with van der Waals surface area (Å²) in [5.74, 6) is -1.09. The summed E-state index contributed by atoms with van der Waals surface area (Å²) in [5.41, 5.74) is 12.0. The summed E-state index contributed by atoms with van der Waals surface area (Å²) in [6.07, 6.45) is 2.03. The van der Waals surface area contributed by atoms with E-state index in [4.69, 9.17) is 16.6 Å². The van der Waals surface area contributed by atoms with Gasteiger partial charge in [-0.15, -0.1) is 6.58 Å². The van der Waals surface area contributed by atoms with Gasteiger partial charge >= 0.3 is 5.97 Å². The number of nitrogens with one attached hydrogen (secondary N) is 1. The Hall–Kier alpha value is -3.33. The molecule has 6 N–H and O–H groups in total. The van der Waals surface area contributed by atoms with Crippen LogP contribution >= 0.6 is 0 Å². The quantitative estimate of drug-likeness (QED) is 0.317. The van der Waals surface area contributed by atoms with Gasteiger partial charge in [0.15, 0.2) is 5.96 Å². The van der Waals surface area contributed by atoms with Crippen molar-refractivity contribution >= 4 is 33.3 Å². The van der Waals surface area contributed by atoms with Gasteiger partial charge in [0.25, 0.3) is 10.0 Å². The number of carboxylic acid groups (broad SMARTS) is 1. The maximum Gasteiger partial charge on any atom is 0.303 e. The number of carbonyl (C=O) groups is 1. The molecular weight excluding hydrogens is 380 g/mol. The van der Waals surface area contributed by atoms with Crippen molar-refractivity contribution in [3.63, 3.8) is 0 Å². The van der Waals surface area contributed by atoms with Crippen molar-refractivity contribution in [3.05, 3.63) is 66.7 Å². The zero-order valence-corrected chi connectivity index (χ0v) is 16.3. The largest absolute Gasteiger partial charge is 0.481 e. The number of anilines is 1. The van der Waals surface area contributed by atoms with E-state index in [1.165, 1.54) is 18.2 Å². The molecule has 0 aliphatic carbocycles. The normalized spacial score (nSPS) is 10.2. The summed E-state index contributed by atoms with van der Waals surface area (Å²) >= 11 is 0. The molecule has 0 unspecified atom stereocenters. The Labute approximate surface area is 164 Å². The first-order valence-corrected chi connectivity index (χ1v) is 9.76. The fourth-order valence-corrected chi connectivity index (χ4v) is 3.21. The first-order valence-electron chi connectivity index (χ1n) is 8.28. The molecule has 2 aromatic carbocycles. The topological polar surface area (TPSA) is 148 Å². The Morgan fingerprint density at radius 1 is 1.21 bits per heavy atom. The average molecular weight is 404 g/mol. The van der Waals surface area contributed by atoms with Crippen LogP contribution in [0.4, 0.5) is 11.4 Å². The number of guanidine groups is 1. The predicted molar refractivity (Wildman–Crippen MR) is 111 cm³/mol. The number of hydrogen-bond donors (Lipinski definition) is 4. The van der Waals surface area contributed by atoms with Crippen molar-refractivity contribution in [2.24, 2.45) is 16.5 Å². The molecule has 2 aromatic rings. The first-order chi connectivity index (χ1) is 13.2. The monoisotopic (exact) mass is 404 g/mol. The second-order valence-electron chi connectivity index (χ2n) is 5.64. The van der Waals surface area contributed by atoms with Crippen LogP contribution in [0.3, 0.4) is 0 Å². The highest BCUT2D eigenvalue weighted by Gasteiger charge is 2.15. The SMILES string of the molecule is C=CC.NC(N)=Nc1cccc(S(=O)(=O)Nc2cccc(CCC(=O)O)c2)c1. The molecule has 0 saturated carbocycles. The number of sulfonamides is 1.